The minimum Gasteiger partial charge on any atom is -0.497 e. The smallest absolute Gasteiger partial charge is 0.262 e. The van der Waals surface area contributed by atoms with Gasteiger partial charge in [-0.05, 0) is 60.4 Å². The van der Waals surface area contributed by atoms with E-state index in [1.807, 2.05) is 48.5 Å². The summed E-state index contributed by atoms with van der Waals surface area (Å²) in [5.41, 5.74) is 2.70. The van der Waals surface area contributed by atoms with Crippen molar-refractivity contribution in [3.05, 3.63) is 59.7 Å². The molecule has 0 unspecified atom stereocenters. The Kier molecular flexibility index (Phi) is 7.47. The SMILES string of the molecule is COCCN(CC(=O)N1N=C(c2ccc(OC)cc2)C[C@@H]1c1ccc(OC)cc1)C(=O)C1CC1. The standard InChI is InChI=1S/C26H31N3O5/c1-32-15-14-28(26(31)20-4-5-20)17-25(30)29-24(19-8-12-22(34-3)13-9-19)16-23(27-29)18-6-10-21(33-2)11-7-18/h6-13,20,24H,4-5,14-17H2,1-3H3/t24-/m1/s1. The molecule has 2 aliphatic rings. The second kappa shape index (κ2) is 10.7. The van der Waals surface area contributed by atoms with Crippen molar-refractivity contribution < 1.29 is 23.8 Å². The van der Waals surface area contributed by atoms with Gasteiger partial charge in [0, 0.05) is 26.0 Å². The van der Waals surface area contributed by atoms with E-state index in [1.54, 1.807) is 26.2 Å². The number of nitrogens with zero attached hydrogens (tertiary/aromatic N) is 3. The molecule has 1 aliphatic carbocycles. The maximum Gasteiger partial charge on any atom is 0.262 e. The Morgan fingerprint density at radius 1 is 0.971 bits per heavy atom. The monoisotopic (exact) mass is 465 g/mol. The van der Waals surface area contributed by atoms with Crippen LogP contribution in [0.5, 0.6) is 11.5 Å². The molecule has 34 heavy (non-hydrogen) atoms. The number of hydrazone groups is 1. The zero-order chi connectivity index (χ0) is 24.1. The summed E-state index contributed by atoms with van der Waals surface area (Å²) >= 11 is 0. The van der Waals surface area contributed by atoms with Crippen molar-refractivity contribution in [3.8, 4) is 11.5 Å². The molecule has 0 bridgehead atoms. The van der Waals surface area contributed by atoms with Crippen LogP contribution in [0.4, 0.5) is 0 Å². The largest absolute Gasteiger partial charge is 0.497 e. The second-order valence-electron chi connectivity index (χ2n) is 8.53. The number of rotatable bonds is 10. The van der Waals surface area contributed by atoms with Crippen molar-refractivity contribution in [2.75, 3.05) is 41.0 Å². The van der Waals surface area contributed by atoms with Gasteiger partial charge < -0.3 is 19.1 Å². The van der Waals surface area contributed by atoms with Crippen molar-refractivity contribution in [1.82, 2.24) is 9.91 Å². The van der Waals surface area contributed by atoms with Crippen LogP contribution in [-0.2, 0) is 14.3 Å². The van der Waals surface area contributed by atoms with Gasteiger partial charge in [-0.15, -0.1) is 0 Å². The highest BCUT2D eigenvalue weighted by molar-refractivity contribution is 6.03. The van der Waals surface area contributed by atoms with Gasteiger partial charge in [-0.1, -0.05) is 12.1 Å². The van der Waals surface area contributed by atoms with Gasteiger partial charge in [-0.2, -0.15) is 5.10 Å². The Bertz CT molecular complexity index is 1030. The molecule has 8 heteroatoms. The number of carbonyl (C=O) groups excluding carboxylic acids is 2. The van der Waals surface area contributed by atoms with Crippen LogP contribution in [-0.4, -0.2) is 68.5 Å². The number of ether oxygens (including phenoxy) is 3. The highest BCUT2D eigenvalue weighted by atomic mass is 16.5. The van der Waals surface area contributed by atoms with E-state index >= 15 is 0 Å². The fourth-order valence-electron chi connectivity index (χ4n) is 4.08. The first-order chi connectivity index (χ1) is 16.5. The molecule has 2 amide bonds. The summed E-state index contributed by atoms with van der Waals surface area (Å²) in [6, 6.07) is 15.0. The van der Waals surface area contributed by atoms with Crippen LogP contribution in [0, 0.1) is 5.92 Å². The van der Waals surface area contributed by atoms with Crippen LogP contribution in [0.2, 0.25) is 0 Å². The molecule has 1 heterocycles. The molecule has 2 aromatic rings. The first-order valence-electron chi connectivity index (χ1n) is 11.5. The summed E-state index contributed by atoms with van der Waals surface area (Å²) in [5.74, 6) is 1.34. The van der Waals surface area contributed by atoms with Crippen molar-refractivity contribution in [2.24, 2.45) is 11.0 Å². The molecule has 180 valence electrons. The molecule has 2 aromatic carbocycles. The van der Waals surface area contributed by atoms with E-state index in [4.69, 9.17) is 19.3 Å². The Balaban J connectivity index is 1.59. The molecule has 4 rings (SSSR count). The van der Waals surface area contributed by atoms with Gasteiger partial charge in [-0.3, -0.25) is 9.59 Å². The van der Waals surface area contributed by atoms with Gasteiger partial charge in [-0.25, -0.2) is 5.01 Å². The molecule has 0 radical (unpaired) electrons. The van der Waals surface area contributed by atoms with Gasteiger partial charge >= 0.3 is 0 Å². The summed E-state index contributed by atoms with van der Waals surface area (Å²) in [4.78, 5) is 27.9. The number of benzene rings is 2. The van der Waals surface area contributed by atoms with Crippen LogP contribution < -0.4 is 9.47 Å². The molecule has 8 nitrogen and oxygen atoms in total. The predicted molar refractivity (Wildman–Crippen MR) is 128 cm³/mol. The second-order valence-corrected chi connectivity index (χ2v) is 8.53. The van der Waals surface area contributed by atoms with Gasteiger partial charge in [0.25, 0.3) is 5.91 Å². The third-order valence-corrected chi connectivity index (χ3v) is 6.22. The fraction of sp³-hybridized carbons (Fsp3) is 0.423. The lowest BCUT2D eigenvalue weighted by Gasteiger charge is -2.27. The van der Waals surface area contributed by atoms with E-state index in [2.05, 4.69) is 0 Å². The first-order valence-corrected chi connectivity index (χ1v) is 11.5. The Morgan fingerprint density at radius 3 is 2.15 bits per heavy atom. The van der Waals surface area contributed by atoms with Crippen LogP contribution in [0.25, 0.3) is 0 Å². The maximum atomic E-state index is 13.5. The maximum absolute atomic E-state index is 13.5. The summed E-state index contributed by atoms with van der Waals surface area (Å²) < 4.78 is 15.7. The minimum atomic E-state index is -0.268. The molecular formula is C26H31N3O5. The van der Waals surface area contributed by atoms with Crippen molar-refractivity contribution in [2.45, 2.75) is 25.3 Å². The lowest BCUT2D eigenvalue weighted by molar-refractivity contribution is -0.142. The Hall–Kier alpha value is -3.39. The molecule has 0 N–H and O–H groups in total. The van der Waals surface area contributed by atoms with E-state index in [1.165, 1.54) is 5.01 Å². The molecule has 1 aliphatic heterocycles. The molecule has 1 saturated carbocycles. The number of amides is 2. The molecule has 0 aromatic heterocycles. The summed E-state index contributed by atoms with van der Waals surface area (Å²) in [5, 5.41) is 6.26. The van der Waals surface area contributed by atoms with E-state index in [-0.39, 0.29) is 30.3 Å². The quantitative estimate of drug-likeness (QED) is 0.538. The van der Waals surface area contributed by atoms with Gasteiger partial charge in [0.05, 0.1) is 32.6 Å². The number of hydrogen-bond donors (Lipinski definition) is 0. The lowest BCUT2D eigenvalue weighted by atomic mass is 9.98. The van der Waals surface area contributed by atoms with Crippen LogP contribution in [0.3, 0.4) is 0 Å². The third kappa shape index (κ3) is 5.39. The number of methoxy groups -OCH3 is 3. The molecular weight excluding hydrogens is 434 g/mol. The zero-order valence-corrected chi connectivity index (χ0v) is 19.9. The Morgan fingerprint density at radius 2 is 1.59 bits per heavy atom. The topological polar surface area (TPSA) is 80.7 Å². The van der Waals surface area contributed by atoms with E-state index < -0.39 is 0 Å². The zero-order valence-electron chi connectivity index (χ0n) is 19.9. The van der Waals surface area contributed by atoms with Crippen molar-refractivity contribution >= 4 is 17.5 Å². The third-order valence-electron chi connectivity index (χ3n) is 6.22. The molecule has 0 saturated heterocycles. The molecule has 0 spiro atoms. The Labute approximate surface area is 200 Å². The molecule has 1 atom stereocenters. The lowest BCUT2D eigenvalue weighted by Crippen LogP contribution is -2.43. The first kappa shape index (κ1) is 23.8. The summed E-state index contributed by atoms with van der Waals surface area (Å²) in [7, 11) is 4.84. The van der Waals surface area contributed by atoms with Crippen molar-refractivity contribution in [1.29, 1.82) is 0 Å². The van der Waals surface area contributed by atoms with E-state index in [0.29, 0.717) is 19.6 Å². The predicted octanol–water partition coefficient (Wildman–Crippen LogP) is 3.27. The van der Waals surface area contributed by atoms with Crippen LogP contribution in [0.15, 0.2) is 53.6 Å². The highest BCUT2D eigenvalue weighted by Gasteiger charge is 2.37. The van der Waals surface area contributed by atoms with Crippen molar-refractivity contribution in [3.63, 3.8) is 0 Å². The average molecular weight is 466 g/mol. The minimum absolute atomic E-state index is 0.0185. The molecule has 1 fully saturated rings. The van der Waals surface area contributed by atoms with Gasteiger partial charge in [0.15, 0.2) is 0 Å². The van der Waals surface area contributed by atoms with Crippen LogP contribution >= 0.6 is 0 Å². The van der Waals surface area contributed by atoms with Gasteiger partial charge in [0.1, 0.15) is 18.0 Å². The number of hydrogen-bond acceptors (Lipinski definition) is 6. The summed E-state index contributed by atoms with van der Waals surface area (Å²) in [6.45, 7) is 0.742. The fourth-order valence-corrected chi connectivity index (χ4v) is 4.08. The normalized spacial score (nSPS) is 17.3. The van der Waals surface area contributed by atoms with E-state index in [9.17, 15) is 9.59 Å². The average Bonchev–Trinajstić information content (AvgIpc) is 3.64. The van der Waals surface area contributed by atoms with E-state index in [0.717, 1.165) is 41.2 Å². The summed E-state index contributed by atoms with van der Waals surface area (Å²) in [6.07, 6.45) is 2.34. The van der Waals surface area contributed by atoms with Gasteiger partial charge in [0.2, 0.25) is 5.91 Å². The highest BCUT2D eigenvalue weighted by Crippen LogP contribution is 2.35. The van der Waals surface area contributed by atoms with Crippen LogP contribution in [0.1, 0.15) is 36.4 Å². The number of carbonyl (C=O) groups is 2.